The normalized spacial score (nSPS) is 10.8. The average Bonchev–Trinajstić information content (AvgIpc) is 3.04. The first-order valence-corrected chi connectivity index (χ1v) is 7.47. The molecule has 2 heterocycles. The van der Waals surface area contributed by atoms with Crippen LogP contribution in [0.3, 0.4) is 0 Å². The molecule has 0 saturated carbocycles. The number of benzene rings is 1. The summed E-state index contributed by atoms with van der Waals surface area (Å²) in [5.74, 6) is -0.400. The van der Waals surface area contributed by atoms with Gasteiger partial charge in [0.2, 0.25) is 0 Å². The summed E-state index contributed by atoms with van der Waals surface area (Å²) in [5, 5.41) is 7.61. The van der Waals surface area contributed by atoms with Gasteiger partial charge in [0, 0.05) is 11.2 Å². The summed E-state index contributed by atoms with van der Waals surface area (Å²) in [5.41, 5.74) is 1.09. The number of carbonyl (C=O) groups excluding carboxylic acids is 1. The molecule has 2 nitrogen and oxygen atoms in total. The van der Waals surface area contributed by atoms with Gasteiger partial charge < -0.3 is 5.32 Å². The molecule has 96 valence electrons. The second kappa shape index (κ2) is 5.11. The summed E-state index contributed by atoms with van der Waals surface area (Å²) >= 11 is 2.98. The fourth-order valence-corrected chi connectivity index (χ4v) is 3.42. The van der Waals surface area contributed by atoms with Gasteiger partial charge in [0.05, 0.1) is 4.88 Å². The van der Waals surface area contributed by atoms with Gasteiger partial charge in [-0.05, 0) is 52.0 Å². The molecule has 0 saturated heterocycles. The lowest BCUT2D eigenvalue weighted by molar-refractivity contribution is 0.0955. The number of halogens is 1. The predicted octanol–water partition coefficient (Wildman–Crippen LogP) is 4.03. The van der Waals surface area contributed by atoms with E-state index in [9.17, 15) is 9.18 Å². The molecule has 3 aromatic rings. The van der Waals surface area contributed by atoms with Gasteiger partial charge in [-0.2, -0.15) is 11.3 Å². The molecule has 1 amide bonds. The Labute approximate surface area is 117 Å². The maximum atomic E-state index is 13.1. The van der Waals surface area contributed by atoms with Crippen LogP contribution in [0.1, 0.15) is 15.2 Å². The lowest BCUT2D eigenvalue weighted by Gasteiger charge is -2.00. The number of hydrogen-bond acceptors (Lipinski definition) is 3. The molecule has 5 heteroatoms. The Morgan fingerprint density at radius 3 is 2.95 bits per heavy atom. The second-order valence-electron chi connectivity index (χ2n) is 4.11. The molecule has 0 aliphatic carbocycles. The van der Waals surface area contributed by atoms with E-state index in [1.54, 1.807) is 23.5 Å². The quantitative estimate of drug-likeness (QED) is 0.775. The number of nitrogens with one attached hydrogen (secondary N) is 1. The van der Waals surface area contributed by atoms with Crippen LogP contribution in [-0.2, 0) is 6.54 Å². The lowest BCUT2D eigenvalue weighted by Crippen LogP contribution is -2.21. The standard InChI is InChI=1S/C14H10FNOS2/c15-11-1-2-12-10(5-11)6-13(19-12)14(17)16-7-9-3-4-18-8-9/h1-6,8H,7H2,(H,16,17). The Kier molecular flexibility index (Phi) is 3.31. The van der Waals surface area contributed by atoms with E-state index in [4.69, 9.17) is 0 Å². The van der Waals surface area contributed by atoms with Crippen molar-refractivity contribution in [3.63, 3.8) is 0 Å². The molecule has 1 N–H and O–H groups in total. The van der Waals surface area contributed by atoms with E-state index in [-0.39, 0.29) is 11.7 Å². The summed E-state index contributed by atoms with van der Waals surface area (Å²) < 4.78 is 14.0. The highest BCUT2D eigenvalue weighted by atomic mass is 32.1. The molecule has 0 spiro atoms. The molecular formula is C14H10FNOS2. The summed E-state index contributed by atoms with van der Waals surface area (Å²) in [4.78, 5) is 12.6. The van der Waals surface area contributed by atoms with Crippen LogP contribution in [0.25, 0.3) is 10.1 Å². The van der Waals surface area contributed by atoms with Crippen LogP contribution in [0, 0.1) is 5.82 Å². The molecule has 2 aromatic heterocycles. The van der Waals surface area contributed by atoms with Gasteiger partial charge in [0.1, 0.15) is 5.82 Å². The molecule has 0 unspecified atom stereocenters. The molecule has 1 aromatic carbocycles. The van der Waals surface area contributed by atoms with Gasteiger partial charge in [-0.25, -0.2) is 4.39 Å². The highest BCUT2D eigenvalue weighted by Crippen LogP contribution is 2.26. The van der Waals surface area contributed by atoms with E-state index in [0.717, 1.165) is 15.6 Å². The van der Waals surface area contributed by atoms with E-state index in [2.05, 4.69) is 5.32 Å². The highest BCUT2D eigenvalue weighted by molar-refractivity contribution is 7.20. The second-order valence-corrected chi connectivity index (χ2v) is 5.97. The molecule has 19 heavy (non-hydrogen) atoms. The topological polar surface area (TPSA) is 29.1 Å². The Bertz CT molecular complexity index is 718. The van der Waals surface area contributed by atoms with Crippen LogP contribution in [0.5, 0.6) is 0 Å². The third kappa shape index (κ3) is 2.67. The van der Waals surface area contributed by atoms with Crippen molar-refractivity contribution in [2.45, 2.75) is 6.54 Å². The number of rotatable bonds is 3. The first-order valence-electron chi connectivity index (χ1n) is 5.71. The minimum atomic E-state index is -0.282. The van der Waals surface area contributed by atoms with Crippen LogP contribution in [0.2, 0.25) is 0 Å². The molecule has 0 aliphatic heterocycles. The minimum absolute atomic E-state index is 0.118. The monoisotopic (exact) mass is 291 g/mol. The van der Waals surface area contributed by atoms with Crippen molar-refractivity contribution in [1.29, 1.82) is 0 Å². The number of amides is 1. The number of carbonyl (C=O) groups is 1. The predicted molar refractivity (Wildman–Crippen MR) is 77.3 cm³/mol. The molecule has 0 atom stereocenters. The first kappa shape index (κ1) is 12.3. The van der Waals surface area contributed by atoms with Crippen molar-refractivity contribution in [3.8, 4) is 0 Å². The fourth-order valence-electron chi connectivity index (χ4n) is 1.79. The molecule has 3 rings (SSSR count). The first-order chi connectivity index (χ1) is 9.22. The Balaban J connectivity index is 1.77. The van der Waals surface area contributed by atoms with Crippen molar-refractivity contribution >= 4 is 38.7 Å². The van der Waals surface area contributed by atoms with Gasteiger partial charge >= 0.3 is 0 Å². The van der Waals surface area contributed by atoms with Gasteiger partial charge in [0.15, 0.2) is 0 Å². The van der Waals surface area contributed by atoms with Crippen LogP contribution < -0.4 is 5.32 Å². The van der Waals surface area contributed by atoms with Crippen molar-refractivity contribution < 1.29 is 9.18 Å². The maximum Gasteiger partial charge on any atom is 0.261 e. The van der Waals surface area contributed by atoms with Crippen LogP contribution in [0.15, 0.2) is 41.1 Å². The summed E-state index contributed by atoms with van der Waals surface area (Å²) in [6, 6.07) is 8.26. The zero-order valence-electron chi connectivity index (χ0n) is 9.85. The van der Waals surface area contributed by atoms with Crippen molar-refractivity contribution in [3.05, 3.63) is 57.3 Å². The van der Waals surface area contributed by atoms with E-state index >= 15 is 0 Å². The Hall–Kier alpha value is -1.72. The van der Waals surface area contributed by atoms with Gasteiger partial charge in [-0.1, -0.05) is 0 Å². The van der Waals surface area contributed by atoms with E-state index in [1.165, 1.54) is 23.5 Å². The Morgan fingerprint density at radius 2 is 2.16 bits per heavy atom. The van der Waals surface area contributed by atoms with Gasteiger partial charge in [0.25, 0.3) is 5.91 Å². The van der Waals surface area contributed by atoms with Gasteiger partial charge in [-0.3, -0.25) is 4.79 Å². The smallest absolute Gasteiger partial charge is 0.261 e. The molecule has 0 bridgehead atoms. The molecular weight excluding hydrogens is 281 g/mol. The number of hydrogen-bond donors (Lipinski definition) is 1. The third-order valence-corrected chi connectivity index (χ3v) is 4.58. The summed E-state index contributed by atoms with van der Waals surface area (Å²) in [7, 11) is 0. The van der Waals surface area contributed by atoms with Gasteiger partial charge in [-0.15, -0.1) is 11.3 Å². The zero-order chi connectivity index (χ0) is 13.2. The van der Waals surface area contributed by atoms with Crippen molar-refractivity contribution in [1.82, 2.24) is 5.32 Å². The van der Waals surface area contributed by atoms with E-state index < -0.39 is 0 Å². The maximum absolute atomic E-state index is 13.1. The van der Waals surface area contributed by atoms with Crippen LogP contribution in [-0.4, -0.2) is 5.91 Å². The van der Waals surface area contributed by atoms with Crippen molar-refractivity contribution in [2.75, 3.05) is 0 Å². The SMILES string of the molecule is O=C(NCc1ccsc1)c1cc2cc(F)ccc2s1. The number of thiophene rings is 2. The third-order valence-electron chi connectivity index (χ3n) is 2.74. The minimum Gasteiger partial charge on any atom is -0.347 e. The molecule has 0 radical (unpaired) electrons. The van der Waals surface area contributed by atoms with Crippen LogP contribution >= 0.6 is 22.7 Å². The van der Waals surface area contributed by atoms with Crippen molar-refractivity contribution in [2.24, 2.45) is 0 Å². The van der Waals surface area contributed by atoms with E-state index in [1.807, 2.05) is 16.8 Å². The lowest BCUT2D eigenvalue weighted by atomic mass is 10.2. The molecule has 0 fully saturated rings. The van der Waals surface area contributed by atoms with E-state index in [0.29, 0.717) is 11.4 Å². The summed E-state index contributed by atoms with van der Waals surface area (Å²) in [6.07, 6.45) is 0. The Morgan fingerprint density at radius 1 is 1.26 bits per heavy atom. The molecule has 0 aliphatic rings. The summed E-state index contributed by atoms with van der Waals surface area (Å²) in [6.45, 7) is 0.519. The highest BCUT2D eigenvalue weighted by Gasteiger charge is 2.10. The number of fused-ring (bicyclic) bond motifs is 1. The fraction of sp³-hybridized carbons (Fsp3) is 0.0714. The zero-order valence-corrected chi connectivity index (χ0v) is 11.5. The average molecular weight is 291 g/mol. The van der Waals surface area contributed by atoms with Crippen LogP contribution in [0.4, 0.5) is 4.39 Å². The largest absolute Gasteiger partial charge is 0.347 e.